The van der Waals surface area contributed by atoms with Gasteiger partial charge in [0.2, 0.25) is 12.7 Å². The average molecular weight is 438 g/mol. The van der Waals surface area contributed by atoms with Gasteiger partial charge in [-0.15, -0.1) is 5.10 Å². The molecule has 32 heavy (non-hydrogen) atoms. The molecule has 0 aliphatic carbocycles. The second kappa shape index (κ2) is 8.95. The van der Waals surface area contributed by atoms with Crippen molar-refractivity contribution in [3.8, 4) is 11.5 Å². The Morgan fingerprint density at radius 3 is 2.84 bits per heavy atom. The number of aromatic nitrogens is 6. The van der Waals surface area contributed by atoms with Crippen LogP contribution in [0, 0.1) is 0 Å². The molecular formula is C21H26N8O3. The van der Waals surface area contributed by atoms with Gasteiger partial charge in [-0.3, -0.25) is 14.7 Å². The third-order valence-electron chi connectivity index (χ3n) is 5.83. The molecule has 2 aliphatic heterocycles. The molecule has 4 heterocycles. The summed E-state index contributed by atoms with van der Waals surface area (Å²) in [6.45, 7) is 5.33. The predicted molar refractivity (Wildman–Crippen MR) is 116 cm³/mol. The summed E-state index contributed by atoms with van der Waals surface area (Å²) in [5, 5.41) is 15.7. The van der Waals surface area contributed by atoms with E-state index in [0.717, 1.165) is 60.9 Å². The van der Waals surface area contributed by atoms with Gasteiger partial charge in [-0.2, -0.15) is 0 Å². The molecule has 0 bridgehead atoms. The molecule has 0 spiro atoms. The zero-order valence-corrected chi connectivity index (χ0v) is 18.0. The second-order valence-corrected chi connectivity index (χ2v) is 8.07. The molecule has 0 radical (unpaired) electrons. The SMILES string of the molecule is CCc1cc(=O)[nH]c(NC2CCN(Cc3nnnn3Cc3ccc4c(c3)OCO4)CC2)n1. The summed E-state index contributed by atoms with van der Waals surface area (Å²) in [5.74, 6) is 2.91. The highest BCUT2D eigenvalue weighted by molar-refractivity contribution is 5.44. The van der Waals surface area contributed by atoms with E-state index >= 15 is 0 Å². The number of H-pyrrole nitrogens is 1. The molecule has 11 heteroatoms. The van der Waals surface area contributed by atoms with E-state index in [1.807, 2.05) is 29.8 Å². The first-order valence-electron chi connectivity index (χ1n) is 10.9. The number of hydrogen-bond donors (Lipinski definition) is 2. The van der Waals surface area contributed by atoms with E-state index in [2.05, 4.69) is 35.7 Å². The van der Waals surface area contributed by atoms with Crippen molar-refractivity contribution < 1.29 is 9.47 Å². The van der Waals surface area contributed by atoms with E-state index in [-0.39, 0.29) is 18.4 Å². The monoisotopic (exact) mass is 438 g/mol. The van der Waals surface area contributed by atoms with Crippen molar-refractivity contribution >= 4 is 5.95 Å². The van der Waals surface area contributed by atoms with Crippen LogP contribution in [0.5, 0.6) is 11.5 Å². The molecule has 1 fully saturated rings. The van der Waals surface area contributed by atoms with Crippen molar-refractivity contribution in [1.82, 2.24) is 35.1 Å². The van der Waals surface area contributed by atoms with Crippen LogP contribution >= 0.6 is 0 Å². The summed E-state index contributed by atoms with van der Waals surface area (Å²) in [4.78, 5) is 21.4. The topological polar surface area (TPSA) is 123 Å². The van der Waals surface area contributed by atoms with Crippen LogP contribution in [0.2, 0.25) is 0 Å². The number of tetrazole rings is 1. The van der Waals surface area contributed by atoms with E-state index in [4.69, 9.17) is 9.47 Å². The Labute approximate surface area is 184 Å². The molecule has 11 nitrogen and oxygen atoms in total. The number of aryl methyl sites for hydroxylation is 1. The van der Waals surface area contributed by atoms with Crippen LogP contribution in [0.15, 0.2) is 29.1 Å². The molecule has 2 aromatic heterocycles. The van der Waals surface area contributed by atoms with E-state index in [1.54, 1.807) is 6.07 Å². The number of likely N-dealkylation sites (tertiary alicyclic amines) is 1. The summed E-state index contributed by atoms with van der Waals surface area (Å²) >= 11 is 0. The standard InChI is InChI=1S/C21H26N8O3/c1-2-15-10-20(30)24-21(22-15)23-16-5-7-28(8-6-16)12-19-25-26-27-29(19)11-14-3-4-17-18(9-14)32-13-31-17/h3-4,9-10,16H,2,5-8,11-13H2,1H3,(H2,22,23,24,30). The molecule has 5 rings (SSSR count). The van der Waals surface area contributed by atoms with Gasteiger partial charge in [0.1, 0.15) is 0 Å². The summed E-state index contributed by atoms with van der Waals surface area (Å²) < 4.78 is 12.7. The van der Waals surface area contributed by atoms with Gasteiger partial charge < -0.3 is 14.8 Å². The van der Waals surface area contributed by atoms with E-state index < -0.39 is 0 Å². The fourth-order valence-corrected chi connectivity index (χ4v) is 4.06. The fraction of sp³-hybridized carbons (Fsp3) is 0.476. The minimum Gasteiger partial charge on any atom is -0.454 e. The van der Waals surface area contributed by atoms with Crippen LogP contribution in [0.3, 0.4) is 0 Å². The Bertz CT molecular complexity index is 1140. The van der Waals surface area contributed by atoms with Gasteiger partial charge in [0.15, 0.2) is 17.3 Å². The molecule has 168 valence electrons. The first-order chi connectivity index (χ1) is 15.7. The lowest BCUT2D eigenvalue weighted by molar-refractivity contribution is 0.174. The highest BCUT2D eigenvalue weighted by atomic mass is 16.7. The van der Waals surface area contributed by atoms with Gasteiger partial charge in [-0.25, -0.2) is 9.67 Å². The van der Waals surface area contributed by atoms with Crippen molar-refractivity contribution in [2.75, 3.05) is 25.2 Å². The minimum absolute atomic E-state index is 0.119. The number of fused-ring (bicyclic) bond motifs is 1. The first kappa shape index (κ1) is 20.4. The summed E-state index contributed by atoms with van der Waals surface area (Å²) in [6, 6.07) is 7.70. The largest absolute Gasteiger partial charge is 0.454 e. The lowest BCUT2D eigenvalue weighted by atomic mass is 10.1. The molecule has 0 atom stereocenters. The van der Waals surface area contributed by atoms with Gasteiger partial charge in [-0.1, -0.05) is 13.0 Å². The molecule has 1 saturated heterocycles. The number of aromatic amines is 1. The Balaban J connectivity index is 1.16. The second-order valence-electron chi connectivity index (χ2n) is 8.07. The Morgan fingerprint density at radius 2 is 2.00 bits per heavy atom. The molecule has 3 aromatic rings. The summed E-state index contributed by atoms with van der Waals surface area (Å²) in [5.41, 5.74) is 1.73. The Kier molecular flexibility index (Phi) is 5.71. The van der Waals surface area contributed by atoms with E-state index in [1.165, 1.54) is 0 Å². The number of ether oxygens (including phenoxy) is 2. The molecule has 0 amide bonds. The molecule has 1 aromatic carbocycles. The van der Waals surface area contributed by atoms with Crippen LogP contribution in [-0.4, -0.2) is 61.0 Å². The molecular weight excluding hydrogens is 412 g/mol. The first-order valence-corrected chi connectivity index (χ1v) is 10.9. The average Bonchev–Trinajstić information content (AvgIpc) is 3.44. The Hall–Kier alpha value is -3.47. The smallest absolute Gasteiger partial charge is 0.252 e. The third kappa shape index (κ3) is 4.57. The normalized spacial score (nSPS) is 16.4. The quantitative estimate of drug-likeness (QED) is 0.559. The van der Waals surface area contributed by atoms with Crippen LogP contribution < -0.4 is 20.3 Å². The lowest BCUT2D eigenvalue weighted by Crippen LogP contribution is -2.39. The van der Waals surface area contributed by atoms with Crippen molar-refractivity contribution in [2.24, 2.45) is 0 Å². The maximum absolute atomic E-state index is 11.8. The van der Waals surface area contributed by atoms with Crippen LogP contribution in [-0.2, 0) is 19.5 Å². The van der Waals surface area contributed by atoms with Crippen molar-refractivity contribution in [2.45, 2.75) is 45.3 Å². The number of anilines is 1. The number of piperidine rings is 1. The molecule has 0 unspecified atom stereocenters. The van der Waals surface area contributed by atoms with Gasteiger partial charge in [0.05, 0.1) is 13.1 Å². The molecule has 0 saturated carbocycles. The van der Waals surface area contributed by atoms with Crippen molar-refractivity contribution in [1.29, 1.82) is 0 Å². The highest BCUT2D eigenvalue weighted by Crippen LogP contribution is 2.32. The number of hydrogen-bond acceptors (Lipinski definition) is 9. The van der Waals surface area contributed by atoms with Crippen LogP contribution in [0.4, 0.5) is 5.95 Å². The predicted octanol–water partition coefficient (Wildman–Crippen LogP) is 1.17. The van der Waals surface area contributed by atoms with Crippen molar-refractivity contribution in [3.63, 3.8) is 0 Å². The number of nitrogens with one attached hydrogen (secondary N) is 2. The van der Waals surface area contributed by atoms with Gasteiger partial charge in [0.25, 0.3) is 5.56 Å². The van der Waals surface area contributed by atoms with Crippen LogP contribution in [0.1, 0.15) is 36.8 Å². The van der Waals surface area contributed by atoms with Gasteiger partial charge in [0, 0.05) is 30.9 Å². The Morgan fingerprint density at radius 1 is 1.16 bits per heavy atom. The highest BCUT2D eigenvalue weighted by Gasteiger charge is 2.22. The van der Waals surface area contributed by atoms with Crippen LogP contribution in [0.25, 0.3) is 0 Å². The number of rotatable bonds is 7. The maximum atomic E-state index is 11.8. The summed E-state index contributed by atoms with van der Waals surface area (Å²) in [7, 11) is 0. The lowest BCUT2D eigenvalue weighted by Gasteiger charge is -2.32. The zero-order valence-electron chi connectivity index (χ0n) is 18.0. The van der Waals surface area contributed by atoms with E-state index in [0.29, 0.717) is 19.0 Å². The third-order valence-corrected chi connectivity index (χ3v) is 5.83. The zero-order chi connectivity index (χ0) is 21.9. The van der Waals surface area contributed by atoms with E-state index in [9.17, 15) is 4.79 Å². The molecule has 2 N–H and O–H groups in total. The van der Waals surface area contributed by atoms with Gasteiger partial charge >= 0.3 is 0 Å². The number of nitrogens with zero attached hydrogens (tertiary/aromatic N) is 6. The minimum atomic E-state index is -0.119. The summed E-state index contributed by atoms with van der Waals surface area (Å²) in [6.07, 6.45) is 2.63. The maximum Gasteiger partial charge on any atom is 0.252 e. The fourth-order valence-electron chi connectivity index (χ4n) is 4.06. The van der Waals surface area contributed by atoms with Crippen molar-refractivity contribution in [3.05, 3.63) is 51.7 Å². The van der Waals surface area contributed by atoms with Gasteiger partial charge in [-0.05, 0) is 47.4 Å². The molecule has 2 aliphatic rings. The number of benzene rings is 1.